The van der Waals surface area contributed by atoms with Crippen LogP contribution in [0.15, 0.2) is 39.5 Å². The summed E-state index contributed by atoms with van der Waals surface area (Å²) in [5, 5.41) is 7.64. The first-order valence-corrected chi connectivity index (χ1v) is 7.90. The van der Waals surface area contributed by atoms with Gasteiger partial charge < -0.3 is 14.6 Å². The molecule has 6 heteroatoms. The van der Waals surface area contributed by atoms with Crippen molar-refractivity contribution < 1.29 is 4.42 Å². The number of hydrogen-bond donors (Lipinski definition) is 1. The van der Waals surface area contributed by atoms with Crippen LogP contribution in [-0.2, 0) is 6.54 Å². The molecule has 0 aliphatic rings. The Bertz CT molecular complexity index is 663. The van der Waals surface area contributed by atoms with Crippen LogP contribution in [-0.4, -0.2) is 40.9 Å². The molecule has 0 aliphatic heterocycles. The molecule has 0 fully saturated rings. The molecule has 0 bridgehead atoms. The van der Waals surface area contributed by atoms with Gasteiger partial charge in [0.2, 0.25) is 5.89 Å². The number of likely N-dealkylation sites (N-methyl/N-ethyl adjacent to an activating group) is 1. The van der Waals surface area contributed by atoms with Crippen molar-refractivity contribution in [3.8, 4) is 0 Å². The first kappa shape index (κ1) is 17.4. The standard InChI is InChI=1S/C17H26N4O2/c1-12(11-21-17(22)23-14(3)19-21)18-13(2)16(20(4)5)15-9-7-6-8-10-15/h6-10,12-13,16,18H,11H2,1-5H3/t12-,13-,16-/m0/s1. The summed E-state index contributed by atoms with van der Waals surface area (Å²) < 4.78 is 6.30. The average Bonchev–Trinajstić information content (AvgIpc) is 2.77. The lowest BCUT2D eigenvalue weighted by atomic mass is 9.99. The molecule has 1 N–H and O–H groups in total. The first-order chi connectivity index (χ1) is 10.9. The normalized spacial score (nSPS) is 15.6. The summed E-state index contributed by atoms with van der Waals surface area (Å²) in [5.74, 6) is -0.0123. The molecule has 0 saturated heterocycles. The van der Waals surface area contributed by atoms with Crippen molar-refractivity contribution in [1.29, 1.82) is 0 Å². The molecule has 6 nitrogen and oxygen atoms in total. The van der Waals surface area contributed by atoms with E-state index >= 15 is 0 Å². The topological polar surface area (TPSA) is 63.3 Å². The fourth-order valence-electron chi connectivity index (χ4n) is 3.06. The van der Waals surface area contributed by atoms with Gasteiger partial charge in [-0.05, 0) is 33.5 Å². The molecule has 2 aromatic rings. The molecule has 0 spiro atoms. The van der Waals surface area contributed by atoms with E-state index in [4.69, 9.17) is 4.42 Å². The number of aryl methyl sites for hydroxylation is 1. The molecule has 1 aromatic heterocycles. The zero-order chi connectivity index (χ0) is 17.0. The highest BCUT2D eigenvalue weighted by atomic mass is 16.4. The predicted octanol–water partition coefficient (Wildman–Crippen LogP) is 1.81. The Balaban J connectivity index is 2.05. The highest BCUT2D eigenvalue weighted by molar-refractivity contribution is 5.20. The molecule has 0 amide bonds. The van der Waals surface area contributed by atoms with Gasteiger partial charge in [0.05, 0.1) is 6.54 Å². The van der Waals surface area contributed by atoms with Crippen molar-refractivity contribution in [3.63, 3.8) is 0 Å². The van der Waals surface area contributed by atoms with Gasteiger partial charge in [-0.15, -0.1) is 5.10 Å². The van der Waals surface area contributed by atoms with Gasteiger partial charge in [0.1, 0.15) is 0 Å². The third-order valence-electron chi connectivity index (χ3n) is 3.87. The third-order valence-corrected chi connectivity index (χ3v) is 3.87. The van der Waals surface area contributed by atoms with Crippen molar-refractivity contribution >= 4 is 0 Å². The summed E-state index contributed by atoms with van der Waals surface area (Å²) in [7, 11) is 4.15. The molecule has 1 aromatic carbocycles. The zero-order valence-electron chi connectivity index (χ0n) is 14.5. The van der Waals surface area contributed by atoms with E-state index in [2.05, 4.69) is 60.6 Å². The summed E-state index contributed by atoms with van der Waals surface area (Å²) in [4.78, 5) is 13.8. The minimum absolute atomic E-state index is 0.0957. The SMILES string of the molecule is Cc1nn(C[C@H](C)N[C@@H](C)[C@@H](c2ccccc2)N(C)C)c(=O)o1. The molecule has 0 aliphatic carbocycles. The fraction of sp³-hybridized carbons (Fsp3) is 0.529. The van der Waals surface area contributed by atoms with Gasteiger partial charge in [0.25, 0.3) is 0 Å². The second-order valence-electron chi connectivity index (χ2n) is 6.24. The Labute approximate surface area is 137 Å². The smallest absolute Gasteiger partial charge is 0.393 e. The lowest BCUT2D eigenvalue weighted by molar-refractivity contribution is 0.224. The summed E-state index contributed by atoms with van der Waals surface area (Å²) in [6.07, 6.45) is 0. The number of benzene rings is 1. The molecular weight excluding hydrogens is 292 g/mol. The second-order valence-corrected chi connectivity index (χ2v) is 6.24. The van der Waals surface area contributed by atoms with Crippen LogP contribution < -0.4 is 11.1 Å². The lowest BCUT2D eigenvalue weighted by Gasteiger charge is -2.33. The third kappa shape index (κ3) is 4.53. The minimum atomic E-state index is -0.406. The molecular formula is C17H26N4O2. The van der Waals surface area contributed by atoms with E-state index in [0.29, 0.717) is 12.4 Å². The molecule has 126 valence electrons. The number of hydrogen-bond acceptors (Lipinski definition) is 5. The first-order valence-electron chi connectivity index (χ1n) is 7.90. The maximum atomic E-state index is 11.6. The summed E-state index contributed by atoms with van der Waals surface area (Å²) in [6.45, 7) is 6.36. The molecule has 0 radical (unpaired) electrons. The van der Waals surface area contributed by atoms with Crippen molar-refractivity contribution in [1.82, 2.24) is 20.0 Å². The second kappa shape index (κ2) is 7.57. The van der Waals surface area contributed by atoms with E-state index in [0.717, 1.165) is 0 Å². The van der Waals surface area contributed by atoms with Crippen LogP contribution in [0.25, 0.3) is 0 Å². The Morgan fingerprint density at radius 3 is 2.43 bits per heavy atom. The highest BCUT2D eigenvalue weighted by Crippen LogP contribution is 2.22. The lowest BCUT2D eigenvalue weighted by Crippen LogP contribution is -2.45. The number of nitrogens with zero attached hydrogens (tertiary/aromatic N) is 3. The van der Waals surface area contributed by atoms with Crippen molar-refractivity contribution in [3.05, 3.63) is 52.3 Å². The Hall–Kier alpha value is -1.92. The van der Waals surface area contributed by atoms with Crippen LogP contribution >= 0.6 is 0 Å². The predicted molar refractivity (Wildman–Crippen MR) is 90.4 cm³/mol. The average molecular weight is 318 g/mol. The number of aromatic nitrogens is 2. The monoisotopic (exact) mass is 318 g/mol. The van der Waals surface area contributed by atoms with E-state index in [1.165, 1.54) is 10.2 Å². The van der Waals surface area contributed by atoms with E-state index in [-0.39, 0.29) is 18.1 Å². The van der Waals surface area contributed by atoms with Crippen molar-refractivity contribution in [2.24, 2.45) is 0 Å². The largest absolute Gasteiger partial charge is 0.437 e. The number of rotatable bonds is 7. The zero-order valence-corrected chi connectivity index (χ0v) is 14.5. The molecule has 2 rings (SSSR count). The van der Waals surface area contributed by atoms with Crippen LogP contribution in [0, 0.1) is 6.92 Å². The van der Waals surface area contributed by atoms with Crippen LogP contribution in [0.3, 0.4) is 0 Å². The fourth-order valence-corrected chi connectivity index (χ4v) is 3.06. The van der Waals surface area contributed by atoms with Crippen LogP contribution in [0.1, 0.15) is 31.3 Å². The van der Waals surface area contributed by atoms with Crippen LogP contribution in [0.5, 0.6) is 0 Å². The molecule has 0 unspecified atom stereocenters. The Kier molecular flexibility index (Phi) is 5.74. The van der Waals surface area contributed by atoms with E-state index < -0.39 is 5.76 Å². The highest BCUT2D eigenvalue weighted by Gasteiger charge is 2.23. The molecule has 0 saturated carbocycles. The Morgan fingerprint density at radius 2 is 1.91 bits per heavy atom. The van der Waals surface area contributed by atoms with Gasteiger partial charge in [-0.1, -0.05) is 30.3 Å². The maximum Gasteiger partial charge on any atom is 0.437 e. The van der Waals surface area contributed by atoms with E-state index in [1.54, 1.807) is 6.92 Å². The van der Waals surface area contributed by atoms with E-state index in [1.807, 2.05) is 13.0 Å². The summed E-state index contributed by atoms with van der Waals surface area (Å²) in [6, 6.07) is 11.0. The summed E-state index contributed by atoms with van der Waals surface area (Å²) >= 11 is 0. The van der Waals surface area contributed by atoms with Gasteiger partial charge in [0.15, 0.2) is 0 Å². The van der Waals surface area contributed by atoms with E-state index in [9.17, 15) is 4.79 Å². The van der Waals surface area contributed by atoms with Gasteiger partial charge in [0, 0.05) is 25.0 Å². The molecule has 23 heavy (non-hydrogen) atoms. The van der Waals surface area contributed by atoms with Crippen LogP contribution in [0.2, 0.25) is 0 Å². The van der Waals surface area contributed by atoms with Gasteiger partial charge in [-0.3, -0.25) is 0 Å². The maximum absolute atomic E-state index is 11.6. The van der Waals surface area contributed by atoms with Crippen molar-refractivity contribution in [2.75, 3.05) is 14.1 Å². The summed E-state index contributed by atoms with van der Waals surface area (Å²) in [5.41, 5.74) is 1.26. The number of nitrogens with one attached hydrogen (secondary N) is 1. The molecule has 1 heterocycles. The Morgan fingerprint density at radius 1 is 1.26 bits per heavy atom. The molecule has 3 atom stereocenters. The minimum Gasteiger partial charge on any atom is -0.393 e. The van der Waals surface area contributed by atoms with Crippen molar-refractivity contribution in [2.45, 2.75) is 45.4 Å². The van der Waals surface area contributed by atoms with Gasteiger partial charge in [-0.2, -0.15) is 4.68 Å². The van der Waals surface area contributed by atoms with Gasteiger partial charge in [-0.25, -0.2) is 4.79 Å². The quantitative estimate of drug-likeness (QED) is 0.843. The van der Waals surface area contributed by atoms with Gasteiger partial charge >= 0.3 is 5.76 Å². The van der Waals surface area contributed by atoms with Crippen LogP contribution in [0.4, 0.5) is 0 Å².